The highest BCUT2D eigenvalue weighted by molar-refractivity contribution is 7.89. The quantitative estimate of drug-likeness (QED) is 0.833. The van der Waals surface area contributed by atoms with Crippen molar-refractivity contribution in [3.63, 3.8) is 0 Å². The van der Waals surface area contributed by atoms with E-state index in [2.05, 4.69) is 16.1 Å². The summed E-state index contributed by atoms with van der Waals surface area (Å²) < 4.78 is 27.7. The van der Waals surface area contributed by atoms with Crippen LogP contribution in [-0.4, -0.2) is 28.1 Å². The molecule has 0 aromatic heterocycles. The van der Waals surface area contributed by atoms with Crippen molar-refractivity contribution in [2.45, 2.75) is 32.1 Å². The normalized spacial score (nSPS) is 16.1. The molecule has 2 N–H and O–H groups in total. The van der Waals surface area contributed by atoms with Gasteiger partial charge in [0.05, 0.1) is 4.90 Å². The van der Waals surface area contributed by atoms with Crippen LogP contribution in [0.15, 0.2) is 28.7 Å². The molecule has 0 fully saturated rings. The van der Waals surface area contributed by atoms with Crippen LogP contribution in [0.5, 0.6) is 0 Å². The van der Waals surface area contributed by atoms with E-state index in [1.807, 2.05) is 32.9 Å². The number of rotatable bonds is 4. The molecule has 0 spiro atoms. The molecule has 2 rings (SSSR count). The average molecular weight is 294 g/mol. The smallest absolute Gasteiger partial charge is 0.241 e. The van der Waals surface area contributed by atoms with E-state index in [-0.39, 0.29) is 0 Å². The summed E-state index contributed by atoms with van der Waals surface area (Å²) in [5, 5.41) is 3.21. The molecule has 0 bridgehead atoms. The van der Waals surface area contributed by atoms with Crippen molar-refractivity contribution in [2.24, 2.45) is 0 Å². The third kappa shape index (κ3) is 3.48. The zero-order valence-electron chi connectivity index (χ0n) is 12.3. The minimum Gasteiger partial charge on any atom is -0.313 e. The zero-order valence-corrected chi connectivity index (χ0v) is 13.1. The fourth-order valence-electron chi connectivity index (χ4n) is 2.68. The Morgan fingerprint density at radius 2 is 1.85 bits per heavy atom. The van der Waals surface area contributed by atoms with Crippen molar-refractivity contribution in [2.75, 3.05) is 19.6 Å². The molecule has 1 aliphatic rings. The Balaban J connectivity index is 2.20. The molecule has 0 amide bonds. The van der Waals surface area contributed by atoms with Crippen LogP contribution in [0.2, 0.25) is 0 Å². The highest BCUT2D eigenvalue weighted by Gasteiger charge is 2.20. The molecule has 20 heavy (non-hydrogen) atoms. The van der Waals surface area contributed by atoms with E-state index >= 15 is 0 Å². The topological polar surface area (TPSA) is 58.2 Å². The second-order valence-corrected chi connectivity index (χ2v) is 7.07. The standard InChI is InChI=1S/C15H22N2O2S/c1-11-8-12(2)15(13(3)9-11)20(18,19)17-10-14-4-6-16-7-5-14/h4,8-9,16-17H,5-7,10H2,1-3H3. The van der Waals surface area contributed by atoms with Gasteiger partial charge >= 0.3 is 0 Å². The van der Waals surface area contributed by atoms with Crippen LogP contribution in [-0.2, 0) is 10.0 Å². The minimum atomic E-state index is -3.45. The molecule has 1 aliphatic heterocycles. The number of sulfonamides is 1. The van der Waals surface area contributed by atoms with Gasteiger partial charge in [-0.25, -0.2) is 13.1 Å². The molecular weight excluding hydrogens is 272 g/mol. The predicted octanol–water partition coefficient (Wildman–Crippen LogP) is 1.81. The number of hydrogen-bond donors (Lipinski definition) is 2. The highest BCUT2D eigenvalue weighted by Crippen LogP contribution is 2.21. The first kappa shape index (κ1) is 15.2. The van der Waals surface area contributed by atoms with E-state index in [4.69, 9.17) is 0 Å². The SMILES string of the molecule is Cc1cc(C)c(S(=O)(=O)NCC2=CCNCC2)c(C)c1. The number of nitrogens with one attached hydrogen (secondary N) is 2. The molecule has 0 saturated carbocycles. The Kier molecular flexibility index (Phi) is 4.62. The van der Waals surface area contributed by atoms with Crippen LogP contribution in [0.25, 0.3) is 0 Å². The highest BCUT2D eigenvalue weighted by atomic mass is 32.2. The second-order valence-electron chi connectivity index (χ2n) is 5.37. The van der Waals surface area contributed by atoms with Crippen molar-refractivity contribution in [3.8, 4) is 0 Å². The first-order valence-corrected chi connectivity index (χ1v) is 8.34. The molecular formula is C15H22N2O2S. The summed E-state index contributed by atoms with van der Waals surface area (Å²) in [6.07, 6.45) is 2.95. The molecule has 0 aliphatic carbocycles. The largest absolute Gasteiger partial charge is 0.313 e. The summed E-state index contributed by atoms with van der Waals surface area (Å²) >= 11 is 0. The molecule has 5 heteroatoms. The van der Waals surface area contributed by atoms with Gasteiger partial charge in [-0.3, -0.25) is 0 Å². The van der Waals surface area contributed by atoms with Crippen molar-refractivity contribution in [1.29, 1.82) is 0 Å². The summed E-state index contributed by atoms with van der Waals surface area (Å²) in [5.41, 5.74) is 3.83. The van der Waals surface area contributed by atoms with Gasteiger partial charge in [0.1, 0.15) is 0 Å². The van der Waals surface area contributed by atoms with Crippen molar-refractivity contribution >= 4 is 10.0 Å². The van der Waals surface area contributed by atoms with E-state index in [1.54, 1.807) is 0 Å². The van der Waals surface area contributed by atoms with Gasteiger partial charge in [0.2, 0.25) is 10.0 Å². The maximum atomic E-state index is 12.5. The van der Waals surface area contributed by atoms with Crippen molar-refractivity contribution in [3.05, 3.63) is 40.5 Å². The lowest BCUT2D eigenvalue weighted by atomic mass is 10.1. The Labute approximate surface area is 121 Å². The molecule has 0 radical (unpaired) electrons. The van der Waals surface area contributed by atoms with Gasteiger partial charge in [-0.1, -0.05) is 29.3 Å². The Morgan fingerprint density at radius 3 is 2.40 bits per heavy atom. The molecule has 1 heterocycles. The first-order valence-electron chi connectivity index (χ1n) is 6.86. The number of benzene rings is 1. The summed E-state index contributed by atoms with van der Waals surface area (Å²) in [5.74, 6) is 0. The van der Waals surface area contributed by atoms with Gasteiger partial charge in [-0.2, -0.15) is 0 Å². The number of hydrogen-bond acceptors (Lipinski definition) is 3. The summed E-state index contributed by atoms with van der Waals surface area (Å²) in [6.45, 7) is 7.80. The molecule has 110 valence electrons. The Hall–Kier alpha value is -1.17. The van der Waals surface area contributed by atoms with Crippen LogP contribution in [0, 0.1) is 20.8 Å². The number of aryl methyl sites for hydroxylation is 3. The molecule has 0 unspecified atom stereocenters. The van der Waals surface area contributed by atoms with E-state index in [0.717, 1.165) is 41.8 Å². The maximum Gasteiger partial charge on any atom is 0.241 e. The zero-order chi connectivity index (χ0) is 14.8. The molecule has 1 aromatic rings. The van der Waals surface area contributed by atoms with Crippen molar-refractivity contribution < 1.29 is 8.42 Å². The Bertz CT molecular complexity index is 610. The van der Waals surface area contributed by atoms with Crippen LogP contribution in [0.1, 0.15) is 23.1 Å². The van der Waals surface area contributed by atoms with Gasteiger partial charge in [-0.05, 0) is 44.9 Å². The fourth-order valence-corrected chi connectivity index (χ4v) is 4.17. The molecule has 0 atom stereocenters. The van der Waals surface area contributed by atoms with E-state index < -0.39 is 10.0 Å². The third-order valence-electron chi connectivity index (χ3n) is 3.52. The fraction of sp³-hybridized carbons (Fsp3) is 0.467. The maximum absolute atomic E-state index is 12.5. The van der Waals surface area contributed by atoms with Crippen LogP contribution < -0.4 is 10.0 Å². The lowest BCUT2D eigenvalue weighted by molar-refractivity contribution is 0.581. The van der Waals surface area contributed by atoms with E-state index in [1.165, 1.54) is 0 Å². The summed E-state index contributed by atoms with van der Waals surface area (Å²) in [4.78, 5) is 0.414. The van der Waals surface area contributed by atoms with E-state index in [9.17, 15) is 8.42 Å². The minimum absolute atomic E-state index is 0.400. The van der Waals surface area contributed by atoms with Crippen LogP contribution >= 0.6 is 0 Å². The van der Waals surface area contributed by atoms with Gasteiger partial charge in [-0.15, -0.1) is 0 Å². The Morgan fingerprint density at radius 1 is 1.20 bits per heavy atom. The van der Waals surface area contributed by atoms with Crippen LogP contribution in [0.4, 0.5) is 0 Å². The monoisotopic (exact) mass is 294 g/mol. The lowest BCUT2D eigenvalue weighted by Crippen LogP contribution is -2.30. The predicted molar refractivity (Wildman–Crippen MR) is 81.4 cm³/mol. The van der Waals surface area contributed by atoms with E-state index in [0.29, 0.717) is 11.4 Å². The average Bonchev–Trinajstić information content (AvgIpc) is 2.36. The van der Waals surface area contributed by atoms with Gasteiger partial charge in [0.15, 0.2) is 0 Å². The summed E-state index contributed by atoms with van der Waals surface area (Å²) in [6, 6.07) is 3.82. The van der Waals surface area contributed by atoms with Gasteiger partial charge < -0.3 is 5.32 Å². The van der Waals surface area contributed by atoms with Gasteiger partial charge in [0.25, 0.3) is 0 Å². The molecule has 1 aromatic carbocycles. The second kappa shape index (κ2) is 6.08. The van der Waals surface area contributed by atoms with Crippen LogP contribution in [0.3, 0.4) is 0 Å². The van der Waals surface area contributed by atoms with Crippen molar-refractivity contribution in [1.82, 2.24) is 10.0 Å². The molecule has 0 saturated heterocycles. The first-order chi connectivity index (χ1) is 9.40. The van der Waals surface area contributed by atoms with Gasteiger partial charge in [0, 0.05) is 13.1 Å². The lowest BCUT2D eigenvalue weighted by Gasteiger charge is -2.16. The molecule has 4 nitrogen and oxygen atoms in total. The third-order valence-corrected chi connectivity index (χ3v) is 5.23. The summed E-state index contributed by atoms with van der Waals surface area (Å²) in [7, 11) is -3.45.